The van der Waals surface area contributed by atoms with E-state index < -0.39 is 17.5 Å². The fourth-order valence-electron chi connectivity index (χ4n) is 2.08. The van der Waals surface area contributed by atoms with Gasteiger partial charge < -0.3 is 9.73 Å². The summed E-state index contributed by atoms with van der Waals surface area (Å²) in [7, 11) is 0. The lowest BCUT2D eigenvalue weighted by atomic mass is 10.2. The summed E-state index contributed by atoms with van der Waals surface area (Å²) in [6, 6.07) is 9.81. The van der Waals surface area contributed by atoms with Crippen molar-refractivity contribution >= 4 is 34.8 Å². The standard InChI is InChI=1S/C16H10Cl2FN3O3/c17-10-5-11(18)7-13(6-10)20-14(23)8-22-16(24)25-15(21-22)9-1-3-12(19)4-2-9/h1-7H,8H2,(H,20,23). The second-order valence-corrected chi connectivity index (χ2v) is 5.92. The van der Waals surface area contributed by atoms with Crippen LogP contribution in [0.3, 0.4) is 0 Å². The lowest BCUT2D eigenvalue weighted by Gasteiger charge is -2.05. The van der Waals surface area contributed by atoms with Gasteiger partial charge in [-0.2, -0.15) is 4.68 Å². The number of carbonyl (C=O) groups is 1. The number of benzene rings is 2. The summed E-state index contributed by atoms with van der Waals surface area (Å²) in [5, 5.41) is 7.21. The molecule has 0 fully saturated rings. The summed E-state index contributed by atoms with van der Waals surface area (Å²) in [4.78, 5) is 23.9. The Hall–Kier alpha value is -2.64. The minimum atomic E-state index is -0.807. The van der Waals surface area contributed by atoms with Gasteiger partial charge in [-0.15, -0.1) is 5.10 Å². The first kappa shape index (κ1) is 17.2. The molecule has 0 saturated carbocycles. The molecular formula is C16H10Cl2FN3O3. The third-order valence-corrected chi connectivity index (χ3v) is 3.57. The molecule has 3 aromatic rings. The van der Waals surface area contributed by atoms with E-state index in [1.165, 1.54) is 42.5 Å². The van der Waals surface area contributed by atoms with Gasteiger partial charge >= 0.3 is 5.76 Å². The maximum Gasteiger partial charge on any atom is 0.437 e. The molecule has 0 aliphatic carbocycles. The van der Waals surface area contributed by atoms with Gasteiger partial charge in [-0.1, -0.05) is 23.2 Å². The van der Waals surface area contributed by atoms with Crippen molar-refractivity contribution < 1.29 is 13.6 Å². The molecule has 0 radical (unpaired) electrons. The fraction of sp³-hybridized carbons (Fsp3) is 0.0625. The average Bonchev–Trinajstić information content (AvgIpc) is 2.87. The van der Waals surface area contributed by atoms with Crippen LogP contribution in [0.1, 0.15) is 0 Å². The Morgan fingerprint density at radius 1 is 1.16 bits per heavy atom. The summed E-state index contributed by atoms with van der Waals surface area (Å²) < 4.78 is 18.8. The van der Waals surface area contributed by atoms with Crippen LogP contribution in [-0.2, 0) is 11.3 Å². The highest BCUT2D eigenvalue weighted by atomic mass is 35.5. The summed E-state index contributed by atoms with van der Waals surface area (Å²) in [6.07, 6.45) is 0. The quantitative estimate of drug-likeness (QED) is 0.748. The molecule has 3 rings (SSSR count). The zero-order chi connectivity index (χ0) is 18.0. The molecule has 0 aliphatic heterocycles. The van der Waals surface area contributed by atoms with Gasteiger partial charge in [0.1, 0.15) is 12.4 Å². The molecule has 128 valence electrons. The molecule has 0 aliphatic rings. The highest BCUT2D eigenvalue weighted by Gasteiger charge is 2.14. The lowest BCUT2D eigenvalue weighted by molar-refractivity contribution is -0.117. The first-order valence-corrected chi connectivity index (χ1v) is 7.76. The van der Waals surface area contributed by atoms with E-state index in [-0.39, 0.29) is 12.4 Å². The van der Waals surface area contributed by atoms with Gasteiger partial charge in [0.2, 0.25) is 11.8 Å². The van der Waals surface area contributed by atoms with Gasteiger partial charge in [-0.05, 0) is 42.5 Å². The number of hydrogen-bond donors (Lipinski definition) is 1. The fourth-order valence-corrected chi connectivity index (χ4v) is 2.60. The van der Waals surface area contributed by atoms with Crippen LogP contribution >= 0.6 is 23.2 Å². The van der Waals surface area contributed by atoms with Crippen molar-refractivity contribution in [1.82, 2.24) is 9.78 Å². The summed E-state index contributed by atoms with van der Waals surface area (Å²) in [5.74, 6) is -1.76. The van der Waals surface area contributed by atoms with Gasteiger partial charge in [-0.3, -0.25) is 4.79 Å². The van der Waals surface area contributed by atoms with Gasteiger partial charge in [-0.25, -0.2) is 9.18 Å². The minimum absolute atomic E-state index is 0.0106. The van der Waals surface area contributed by atoms with Crippen LogP contribution in [0.15, 0.2) is 51.7 Å². The Bertz CT molecular complexity index is 963. The van der Waals surface area contributed by atoms with Crippen LogP contribution in [0.5, 0.6) is 0 Å². The van der Waals surface area contributed by atoms with E-state index in [0.717, 1.165) is 4.68 Å². The number of nitrogens with zero attached hydrogens (tertiary/aromatic N) is 2. The van der Waals surface area contributed by atoms with E-state index in [9.17, 15) is 14.0 Å². The van der Waals surface area contributed by atoms with Gasteiger partial charge in [0.15, 0.2) is 0 Å². The Balaban J connectivity index is 1.75. The smallest absolute Gasteiger partial charge is 0.388 e. The van der Waals surface area contributed by atoms with Crippen LogP contribution in [0.4, 0.5) is 10.1 Å². The molecule has 0 spiro atoms. The highest BCUT2D eigenvalue weighted by Crippen LogP contribution is 2.22. The van der Waals surface area contributed by atoms with E-state index in [2.05, 4.69) is 10.4 Å². The number of rotatable bonds is 4. The number of aromatic nitrogens is 2. The normalized spacial score (nSPS) is 10.7. The first-order valence-electron chi connectivity index (χ1n) is 7.00. The Morgan fingerprint density at radius 2 is 1.80 bits per heavy atom. The maximum absolute atomic E-state index is 12.9. The van der Waals surface area contributed by atoms with Gasteiger partial charge in [0.25, 0.3) is 0 Å². The predicted molar refractivity (Wildman–Crippen MR) is 91.2 cm³/mol. The van der Waals surface area contributed by atoms with Crippen molar-refractivity contribution in [3.63, 3.8) is 0 Å². The van der Waals surface area contributed by atoms with Crippen LogP contribution in [0.2, 0.25) is 10.0 Å². The van der Waals surface area contributed by atoms with Crippen molar-refractivity contribution in [3.8, 4) is 11.5 Å². The van der Waals surface area contributed by atoms with E-state index >= 15 is 0 Å². The molecular weight excluding hydrogens is 372 g/mol. The van der Waals surface area contributed by atoms with Crippen LogP contribution in [-0.4, -0.2) is 15.7 Å². The predicted octanol–water partition coefficient (Wildman–Crippen LogP) is 3.59. The molecule has 0 atom stereocenters. The molecule has 0 saturated heterocycles. The number of anilines is 1. The van der Waals surface area contributed by atoms with Crippen molar-refractivity contribution in [3.05, 3.63) is 68.9 Å². The topological polar surface area (TPSA) is 77.1 Å². The van der Waals surface area contributed by atoms with Crippen molar-refractivity contribution in [2.45, 2.75) is 6.54 Å². The van der Waals surface area contributed by atoms with E-state index in [0.29, 0.717) is 21.3 Å². The summed E-state index contributed by atoms with van der Waals surface area (Å²) >= 11 is 11.7. The maximum atomic E-state index is 12.9. The molecule has 1 N–H and O–H groups in total. The third-order valence-electron chi connectivity index (χ3n) is 3.14. The minimum Gasteiger partial charge on any atom is -0.388 e. The Kier molecular flexibility index (Phi) is 4.87. The van der Waals surface area contributed by atoms with Gasteiger partial charge in [0, 0.05) is 21.3 Å². The van der Waals surface area contributed by atoms with Crippen LogP contribution in [0.25, 0.3) is 11.5 Å². The number of halogens is 3. The SMILES string of the molecule is O=C(Cn1nc(-c2ccc(F)cc2)oc1=O)Nc1cc(Cl)cc(Cl)c1. The number of amides is 1. The molecule has 0 bridgehead atoms. The number of carbonyl (C=O) groups excluding carboxylic acids is 1. The van der Waals surface area contributed by atoms with E-state index in [1.54, 1.807) is 0 Å². The first-order chi connectivity index (χ1) is 11.9. The number of hydrogen-bond acceptors (Lipinski definition) is 4. The Morgan fingerprint density at radius 3 is 2.44 bits per heavy atom. The van der Waals surface area contributed by atoms with E-state index in [4.69, 9.17) is 27.6 Å². The van der Waals surface area contributed by atoms with Crippen molar-refractivity contribution in [1.29, 1.82) is 0 Å². The largest absolute Gasteiger partial charge is 0.437 e. The average molecular weight is 382 g/mol. The zero-order valence-corrected chi connectivity index (χ0v) is 14.0. The molecule has 6 nitrogen and oxygen atoms in total. The van der Waals surface area contributed by atoms with E-state index in [1.807, 2.05) is 0 Å². The molecule has 9 heteroatoms. The molecule has 1 amide bonds. The number of nitrogens with one attached hydrogen (secondary N) is 1. The third kappa shape index (κ3) is 4.26. The van der Waals surface area contributed by atoms with Crippen LogP contribution < -0.4 is 11.1 Å². The van der Waals surface area contributed by atoms with Crippen molar-refractivity contribution in [2.24, 2.45) is 0 Å². The summed E-state index contributed by atoms with van der Waals surface area (Å²) in [6.45, 7) is -0.367. The molecule has 2 aromatic carbocycles. The van der Waals surface area contributed by atoms with Crippen molar-refractivity contribution in [2.75, 3.05) is 5.32 Å². The molecule has 1 heterocycles. The zero-order valence-electron chi connectivity index (χ0n) is 12.5. The van der Waals surface area contributed by atoms with Gasteiger partial charge in [0.05, 0.1) is 0 Å². The lowest BCUT2D eigenvalue weighted by Crippen LogP contribution is -2.25. The molecule has 1 aromatic heterocycles. The Labute approximate surface area is 150 Å². The second kappa shape index (κ2) is 7.08. The van der Waals surface area contributed by atoms with Crippen LogP contribution in [0, 0.1) is 5.82 Å². The molecule has 0 unspecified atom stereocenters. The molecule has 25 heavy (non-hydrogen) atoms. The highest BCUT2D eigenvalue weighted by molar-refractivity contribution is 6.35. The monoisotopic (exact) mass is 381 g/mol. The second-order valence-electron chi connectivity index (χ2n) is 5.04. The summed E-state index contributed by atoms with van der Waals surface area (Å²) in [5.41, 5.74) is 0.803.